The van der Waals surface area contributed by atoms with Crippen molar-refractivity contribution in [2.75, 3.05) is 6.61 Å². The van der Waals surface area contributed by atoms with E-state index in [4.69, 9.17) is 16.3 Å². The van der Waals surface area contributed by atoms with Gasteiger partial charge in [-0.2, -0.15) is 0 Å². The van der Waals surface area contributed by atoms with Gasteiger partial charge in [-0.05, 0) is 37.1 Å². The van der Waals surface area contributed by atoms with Gasteiger partial charge in [-0.15, -0.1) is 0 Å². The molecule has 1 aromatic rings. The molecular weight excluding hydrogens is 279 g/mol. The summed E-state index contributed by atoms with van der Waals surface area (Å²) < 4.78 is 19.4. The molecule has 0 aliphatic rings. The number of carbonyl (C=O) groups is 1. The van der Waals surface area contributed by atoms with Gasteiger partial charge < -0.3 is 4.74 Å². The first-order valence-corrected chi connectivity index (χ1v) is 7.57. The average molecular weight is 301 g/mol. The molecule has 0 saturated carbocycles. The Morgan fingerprint density at radius 1 is 1.20 bits per heavy atom. The molecule has 0 saturated heterocycles. The highest BCUT2D eigenvalue weighted by Gasteiger charge is 2.14. The Labute approximate surface area is 125 Å². The minimum Gasteiger partial charge on any atom is -0.491 e. The largest absolute Gasteiger partial charge is 0.491 e. The van der Waals surface area contributed by atoms with Gasteiger partial charge in [0.1, 0.15) is 0 Å². The Balaban J connectivity index is 2.41. The number of rotatable bonds is 9. The lowest BCUT2D eigenvalue weighted by atomic mass is 10.1. The minimum atomic E-state index is -0.649. The molecule has 0 radical (unpaired) electrons. The van der Waals surface area contributed by atoms with Crippen LogP contribution in [0.5, 0.6) is 5.75 Å². The van der Waals surface area contributed by atoms with Crippen molar-refractivity contribution in [2.45, 2.75) is 52.4 Å². The SMILES string of the molecule is CCCCCCCCOc1ccc(C(=O)Cl)c(C)c1F. The summed E-state index contributed by atoms with van der Waals surface area (Å²) in [7, 11) is 0. The molecule has 112 valence electrons. The Kier molecular flexibility index (Phi) is 7.60. The molecule has 0 bridgehead atoms. The summed E-state index contributed by atoms with van der Waals surface area (Å²) in [6.07, 6.45) is 6.95. The second-order valence-electron chi connectivity index (χ2n) is 4.94. The predicted octanol–water partition coefficient (Wildman–Crippen LogP) is 5.25. The van der Waals surface area contributed by atoms with Gasteiger partial charge in [-0.3, -0.25) is 4.79 Å². The maximum Gasteiger partial charge on any atom is 0.252 e. The molecule has 2 nitrogen and oxygen atoms in total. The highest BCUT2D eigenvalue weighted by molar-refractivity contribution is 6.67. The van der Waals surface area contributed by atoms with Crippen LogP contribution in [0.3, 0.4) is 0 Å². The Bertz CT molecular complexity index is 446. The third kappa shape index (κ3) is 5.12. The van der Waals surface area contributed by atoms with Crippen LogP contribution >= 0.6 is 11.6 Å². The molecule has 0 spiro atoms. The highest BCUT2D eigenvalue weighted by Crippen LogP contribution is 2.24. The Morgan fingerprint density at radius 2 is 1.85 bits per heavy atom. The van der Waals surface area contributed by atoms with Crippen molar-refractivity contribution in [3.63, 3.8) is 0 Å². The molecule has 1 rings (SSSR count). The average Bonchev–Trinajstić information content (AvgIpc) is 2.42. The summed E-state index contributed by atoms with van der Waals surface area (Å²) >= 11 is 5.37. The van der Waals surface area contributed by atoms with Gasteiger partial charge in [-0.1, -0.05) is 39.0 Å². The molecule has 0 amide bonds. The van der Waals surface area contributed by atoms with Gasteiger partial charge in [0.05, 0.1) is 6.61 Å². The van der Waals surface area contributed by atoms with Crippen LogP contribution in [0.2, 0.25) is 0 Å². The number of benzene rings is 1. The number of halogens is 2. The van der Waals surface area contributed by atoms with Crippen LogP contribution < -0.4 is 4.74 Å². The fourth-order valence-electron chi connectivity index (χ4n) is 2.05. The van der Waals surface area contributed by atoms with Gasteiger partial charge in [0.25, 0.3) is 5.24 Å². The molecule has 0 heterocycles. The first-order valence-electron chi connectivity index (χ1n) is 7.19. The number of carbonyl (C=O) groups excluding carboxylic acids is 1. The molecule has 0 aliphatic heterocycles. The molecule has 0 atom stereocenters. The summed E-state index contributed by atoms with van der Waals surface area (Å²) in [5.41, 5.74) is 0.432. The van der Waals surface area contributed by atoms with E-state index in [1.165, 1.54) is 44.7 Å². The van der Waals surface area contributed by atoms with Gasteiger partial charge >= 0.3 is 0 Å². The summed E-state index contributed by atoms with van der Waals surface area (Å²) in [5.74, 6) is -0.305. The molecular formula is C16H22ClFO2. The lowest BCUT2D eigenvalue weighted by Gasteiger charge is -2.10. The molecule has 0 aromatic heterocycles. The van der Waals surface area contributed by atoms with E-state index in [-0.39, 0.29) is 16.9 Å². The maximum absolute atomic E-state index is 14.0. The monoisotopic (exact) mass is 300 g/mol. The Morgan fingerprint density at radius 3 is 2.50 bits per heavy atom. The third-order valence-electron chi connectivity index (χ3n) is 3.32. The van der Waals surface area contributed by atoms with Crippen LogP contribution in [-0.4, -0.2) is 11.8 Å². The van der Waals surface area contributed by atoms with Crippen LogP contribution in [0.15, 0.2) is 12.1 Å². The van der Waals surface area contributed by atoms with E-state index >= 15 is 0 Å². The van der Waals surface area contributed by atoms with Gasteiger partial charge in [-0.25, -0.2) is 4.39 Å². The summed E-state index contributed by atoms with van der Waals surface area (Å²) in [6, 6.07) is 2.97. The first-order chi connectivity index (χ1) is 9.57. The van der Waals surface area contributed by atoms with E-state index < -0.39 is 11.1 Å². The first kappa shape index (κ1) is 17.0. The molecule has 0 N–H and O–H groups in total. The molecule has 1 aromatic carbocycles. The van der Waals surface area contributed by atoms with Crippen molar-refractivity contribution in [2.24, 2.45) is 0 Å². The van der Waals surface area contributed by atoms with Crippen molar-refractivity contribution in [3.8, 4) is 5.75 Å². The van der Waals surface area contributed by atoms with E-state index in [1.807, 2.05) is 0 Å². The van der Waals surface area contributed by atoms with Crippen molar-refractivity contribution < 1.29 is 13.9 Å². The van der Waals surface area contributed by atoms with Crippen LogP contribution in [-0.2, 0) is 0 Å². The second-order valence-corrected chi connectivity index (χ2v) is 5.28. The van der Waals surface area contributed by atoms with Crippen molar-refractivity contribution in [1.29, 1.82) is 0 Å². The minimum absolute atomic E-state index is 0.191. The third-order valence-corrected chi connectivity index (χ3v) is 3.52. The van der Waals surface area contributed by atoms with E-state index in [9.17, 15) is 9.18 Å². The van der Waals surface area contributed by atoms with E-state index in [1.54, 1.807) is 0 Å². The second kappa shape index (κ2) is 8.96. The molecule has 0 fully saturated rings. The standard InChI is InChI=1S/C16H22ClFO2/c1-3-4-5-6-7-8-11-20-14-10-9-13(16(17)19)12(2)15(14)18/h9-10H,3-8,11H2,1-2H3. The number of hydrogen-bond donors (Lipinski definition) is 0. The Hall–Kier alpha value is -1.09. The van der Waals surface area contributed by atoms with Crippen LogP contribution in [0.1, 0.15) is 61.4 Å². The molecule has 20 heavy (non-hydrogen) atoms. The van der Waals surface area contributed by atoms with Gasteiger partial charge in [0.15, 0.2) is 11.6 Å². The molecule has 0 aliphatic carbocycles. The van der Waals surface area contributed by atoms with Crippen LogP contribution in [0.25, 0.3) is 0 Å². The van der Waals surface area contributed by atoms with Gasteiger partial charge in [0.2, 0.25) is 0 Å². The smallest absolute Gasteiger partial charge is 0.252 e. The van der Waals surface area contributed by atoms with Crippen molar-refractivity contribution in [1.82, 2.24) is 0 Å². The summed E-state index contributed by atoms with van der Waals surface area (Å²) in [5, 5.41) is -0.649. The number of hydrogen-bond acceptors (Lipinski definition) is 2. The maximum atomic E-state index is 14.0. The zero-order valence-corrected chi connectivity index (χ0v) is 12.9. The van der Waals surface area contributed by atoms with E-state index in [0.29, 0.717) is 6.61 Å². The lowest BCUT2D eigenvalue weighted by Crippen LogP contribution is -2.03. The van der Waals surface area contributed by atoms with E-state index in [2.05, 4.69) is 6.92 Å². The van der Waals surface area contributed by atoms with Gasteiger partial charge in [0, 0.05) is 11.1 Å². The van der Waals surface area contributed by atoms with Crippen LogP contribution in [0, 0.1) is 12.7 Å². The topological polar surface area (TPSA) is 26.3 Å². The summed E-state index contributed by atoms with van der Waals surface area (Å²) in [4.78, 5) is 11.1. The lowest BCUT2D eigenvalue weighted by molar-refractivity contribution is 0.108. The van der Waals surface area contributed by atoms with E-state index in [0.717, 1.165) is 12.8 Å². The highest BCUT2D eigenvalue weighted by atomic mass is 35.5. The number of ether oxygens (including phenoxy) is 1. The molecule has 0 unspecified atom stereocenters. The fraction of sp³-hybridized carbons (Fsp3) is 0.562. The zero-order chi connectivity index (χ0) is 15.0. The predicted molar refractivity (Wildman–Crippen MR) is 80.2 cm³/mol. The molecule has 4 heteroatoms. The zero-order valence-electron chi connectivity index (χ0n) is 12.2. The quantitative estimate of drug-likeness (QED) is 0.460. The van der Waals surface area contributed by atoms with Crippen LogP contribution in [0.4, 0.5) is 4.39 Å². The van der Waals surface area contributed by atoms with Crippen molar-refractivity contribution >= 4 is 16.8 Å². The fourth-order valence-corrected chi connectivity index (χ4v) is 2.25. The normalized spacial score (nSPS) is 10.6. The van der Waals surface area contributed by atoms with Crippen molar-refractivity contribution in [3.05, 3.63) is 29.1 Å². The number of unbranched alkanes of at least 4 members (excludes halogenated alkanes) is 5. The summed E-state index contributed by atoms with van der Waals surface area (Å²) in [6.45, 7) is 4.21.